The number of benzene rings is 2. The van der Waals surface area contributed by atoms with Crippen molar-refractivity contribution in [3.05, 3.63) is 65.2 Å². The number of aliphatic hydroxyl groups excluding tert-OH is 1. The fraction of sp³-hybridized carbons (Fsp3) is 0.333. The predicted octanol–water partition coefficient (Wildman–Crippen LogP) is 3.38. The van der Waals surface area contributed by atoms with Gasteiger partial charge >= 0.3 is 0 Å². The molecule has 0 aliphatic carbocycles. The van der Waals surface area contributed by atoms with Crippen LogP contribution < -0.4 is 4.74 Å². The van der Waals surface area contributed by atoms with Gasteiger partial charge in [0.2, 0.25) is 0 Å². The maximum absolute atomic E-state index is 9.07. The van der Waals surface area contributed by atoms with Gasteiger partial charge in [0.25, 0.3) is 0 Å². The second-order valence-corrected chi connectivity index (χ2v) is 5.34. The molecule has 2 aromatic carbocycles. The molecule has 3 heteroatoms. The van der Waals surface area contributed by atoms with Crippen molar-refractivity contribution >= 4 is 0 Å². The lowest BCUT2D eigenvalue weighted by Gasteiger charge is -2.25. The molecule has 1 atom stereocenters. The Hall–Kier alpha value is -1.84. The average Bonchev–Trinajstić information content (AvgIpc) is 2.55. The van der Waals surface area contributed by atoms with Gasteiger partial charge in [-0.25, -0.2) is 0 Å². The number of hydrogen-bond acceptors (Lipinski definition) is 3. The van der Waals surface area contributed by atoms with E-state index in [0.717, 1.165) is 17.9 Å². The molecule has 0 spiro atoms. The van der Waals surface area contributed by atoms with Crippen molar-refractivity contribution in [3.63, 3.8) is 0 Å². The highest BCUT2D eigenvalue weighted by atomic mass is 16.5. The molecule has 0 amide bonds. The van der Waals surface area contributed by atoms with Gasteiger partial charge in [-0.05, 0) is 42.8 Å². The van der Waals surface area contributed by atoms with Crippen molar-refractivity contribution < 1.29 is 9.84 Å². The number of methoxy groups -OCH3 is 1. The van der Waals surface area contributed by atoms with Crippen molar-refractivity contribution in [2.75, 3.05) is 14.2 Å². The molecule has 1 unspecified atom stereocenters. The molecule has 0 saturated carbocycles. The number of ether oxygens (including phenoxy) is 1. The summed E-state index contributed by atoms with van der Waals surface area (Å²) in [7, 11) is 3.80. The van der Waals surface area contributed by atoms with Gasteiger partial charge in [0.05, 0.1) is 13.7 Å². The van der Waals surface area contributed by atoms with E-state index in [2.05, 4.69) is 43.1 Å². The Balaban J connectivity index is 2.01. The first kappa shape index (κ1) is 15.5. The Bertz CT molecular complexity index is 548. The zero-order valence-corrected chi connectivity index (χ0v) is 12.9. The van der Waals surface area contributed by atoms with Crippen molar-refractivity contribution in [2.45, 2.75) is 26.1 Å². The van der Waals surface area contributed by atoms with E-state index in [1.807, 2.05) is 24.3 Å². The SMILES string of the molecule is COc1ccc(C(C)N(C)Cc2ccc(CO)cc2)cc1. The standard InChI is InChI=1S/C18H23NO2/c1-14(17-8-10-18(21-3)11-9-17)19(2)12-15-4-6-16(13-20)7-5-15/h4-11,14,20H,12-13H2,1-3H3. The van der Waals surface area contributed by atoms with E-state index in [1.54, 1.807) is 7.11 Å². The number of nitrogens with zero attached hydrogens (tertiary/aromatic N) is 1. The summed E-state index contributed by atoms with van der Waals surface area (Å²) in [4.78, 5) is 2.30. The highest BCUT2D eigenvalue weighted by molar-refractivity contribution is 5.29. The fourth-order valence-corrected chi connectivity index (χ4v) is 2.31. The Labute approximate surface area is 126 Å². The highest BCUT2D eigenvalue weighted by Gasteiger charge is 2.12. The Kier molecular flexibility index (Phi) is 5.37. The summed E-state index contributed by atoms with van der Waals surface area (Å²) in [5, 5.41) is 9.07. The summed E-state index contributed by atoms with van der Waals surface area (Å²) in [6.45, 7) is 3.17. The van der Waals surface area contributed by atoms with Crippen molar-refractivity contribution in [1.29, 1.82) is 0 Å². The predicted molar refractivity (Wildman–Crippen MR) is 85.2 cm³/mol. The topological polar surface area (TPSA) is 32.7 Å². The average molecular weight is 285 g/mol. The summed E-state index contributed by atoms with van der Waals surface area (Å²) in [5.41, 5.74) is 3.46. The molecule has 0 heterocycles. The summed E-state index contributed by atoms with van der Waals surface area (Å²) >= 11 is 0. The van der Waals surface area contributed by atoms with Crippen LogP contribution in [0.4, 0.5) is 0 Å². The molecule has 2 aromatic rings. The van der Waals surface area contributed by atoms with E-state index in [9.17, 15) is 0 Å². The second kappa shape index (κ2) is 7.25. The zero-order chi connectivity index (χ0) is 15.2. The third kappa shape index (κ3) is 4.06. The number of hydrogen-bond donors (Lipinski definition) is 1. The van der Waals surface area contributed by atoms with E-state index in [0.29, 0.717) is 6.04 Å². The molecule has 0 aromatic heterocycles. The Morgan fingerprint density at radius 2 is 1.57 bits per heavy atom. The molecule has 21 heavy (non-hydrogen) atoms. The molecule has 0 fully saturated rings. The smallest absolute Gasteiger partial charge is 0.118 e. The maximum Gasteiger partial charge on any atom is 0.118 e. The molecule has 0 aliphatic heterocycles. The molecule has 1 N–H and O–H groups in total. The van der Waals surface area contributed by atoms with Gasteiger partial charge in [-0.15, -0.1) is 0 Å². The summed E-state index contributed by atoms with van der Waals surface area (Å²) < 4.78 is 5.19. The van der Waals surface area contributed by atoms with Gasteiger partial charge in [0.15, 0.2) is 0 Å². The largest absolute Gasteiger partial charge is 0.497 e. The number of rotatable bonds is 6. The lowest BCUT2D eigenvalue weighted by atomic mass is 10.1. The highest BCUT2D eigenvalue weighted by Crippen LogP contribution is 2.23. The van der Waals surface area contributed by atoms with Crippen LogP contribution in [-0.4, -0.2) is 24.2 Å². The Morgan fingerprint density at radius 3 is 2.10 bits per heavy atom. The number of aliphatic hydroxyl groups is 1. The van der Waals surface area contributed by atoms with Gasteiger partial charge in [-0.3, -0.25) is 4.90 Å². The van der Waals surface area contributed by atoms with Gasteiger partial charge in [-0.1, -0.05) is 36.4 Å². The molecule has 112 valence electrons. The fourth-order valence-electron chi connectivity index (χ4n) is 2.31. The first-order valence-corrected chi connectivity index (χ1v) is 7.17. The third-order valence-corrected chi connectivity index (χ3v) is 3.90. The lowest BCUT2D eigenvalue weighted by Crippen LogP contribution is -2.21. The quantitative estimate of drug-likeness (QED) is 0.883. The lowest BCUT2D eigenvalue weighted by molar-refractivity contribution is 0.252. The normalized spacial score (nSPS) is 12.4. The van der Waals surface area contributed by atoms with Gasteiger partial charge in [0.1, 0.15) is 5.75 Å². The van der Waals surface area contributed by atoms with E-state index >= 15 is 0 Å². The molecule has 0 aliphatic rings. The van der Waals surface area contributed by atoms with Crippen LogP contribution in [0.5, 0.6) is 5.75 Å². The van der Waals surface area contributed by atoms with Crippen LogP contribution in [-0.2, 0) is 13.2 Å². The van der Waals surface area contributed by atoms with Crippen LogP contribution >= 0.6 is 0 Å². The van der Waals surface area contributed by atoms with E-state index in [4.69, 9.17) is 9.84 Å². The van der Waals surface area contributed by atoms with Crippen LogP contribution in [0.25, 0.3) is 0 Å². The Morgan fingerprint density at radius 1 is 1.00 bits per heavy atom. The molecule has 0 radical (unpaired) electrons. The minimum atomic E-state index is 0.0956. The van der Waals surface area contributed by atoms with Crippen molar-refractivity contribution in [1.82, 2.24) is 4.90 Å². The van der Waals surface area contributed by atoms with E-state index in [-0.39, 0.29) is 6.61 Å². The minimum absolute atomic E-state index is 0.0956. The first-order chi connectivity index (χ1) is 10.1. The maximum atomic E-state index is 9.07. The molecular weight excluding hydrogens is 262 g/mol. The zero-order valence-electron chi connectivity index (χ0n) is 12.9. The van der Waals surface area contributed by atoms with E-state index in [1.165, 1.54) is 11.1 Å². The first-order valence-electron chi connectivity index (χ1n) is 7.17. The van der Waals surface area contributed by atoms with Crippen LogP contribution in [0, 0.1) is 0 Å². The minimum Gasteiger partial charge on any atom is -0.497 e. The van der Waals surface area contributed by atoms with Crippen LogP contribution in [0.1, 0.15) is 29.7 Å². The second-order valence-electron chi connectivity index (χ2n) is 5.34. The van der Waals surface area contributed by atoms with Gasteiger partial charge < -0.3 is 9.84 Å². The monoisotopic (exact) mass is 285 g/mol. The van der Waals surface area contributed by atoms with Crippen LogP contribution in [0.15, 0.2) is 48.5 Å². The van der Waals surface area contributed by atoms with Crippen LogP contribution in [0.3, 0.4) is 0 Å². The molecule has 0 saturated heterocycles. The molecule has 2 rings (SSSR count). The molecule has 3 nitrogen and oxygen atoms in total. The van der Waals surface area contributed by atoms with Crippen LogP contribution in [0.2, 0.25) is 0 Å². The third-order valence-electron chi connectivity index (χ3n) is 3.90. The molecular formula is C18H23NO2. The molecule has 0 bridgehead atoms. The van der Waals surface area contributed by atoms with Gasteiger partial charge in [0, 0.05) is 12.6 Å². The summed E-state index contributed by atoms with van der Waals surface area (Å²) in [6, 6.07) is 16.6. The van der Waals surface area contributed by atoms with E-state index < -0.39 is 0 Å². The summed E-state index contributed by atoms with van der Waals surface area (Å²) in [5.74, 6) is 0.883. The summed E-state index contributed by atoms with van der Waals surface area (Å²) in [6.07, 6.45) is 0. The van der Waals surface area contributed by atoms with Crippen molar-refractivity contribution in [2.24, 2.45) is 0 Å². The van der Waals surface area contributed by atoms with Crippen molar-refractivity contribution in [3.8, 4) is 5.75 Å². The van der Waals surface area contributed by atoms with Gasteiger partial charge in [-0.2, -0.15) is 0 Å².